The number of amides is 4. The molecule has 1 rings (SSSR count). The Labute approximate surface area is 210 Å². The van der Waals surface area contributed by atoms with Gasteiger partial charge in [0.25, 0.3) is 0 Å². The van der Waals surface area contributed by atoms with Crippen molar-refractivity contribution in [3.8, 4) is 0 Å². The van der Waals surface area contributed by atoms with Gasteiger partial charge < -0.3 is 37.5 Å². The number of carbonyl (C=O) groups excluding carboxylic acids is 4. The third-order valence-electron chi connectivity index (χ3n) is 6.26. The number of aliphatic carboxylic acids is 1. The monoisotopic (exact) mass is 509 g/mol. The number of hydrogen-bond acceptors (Lipinski definition) is 7. The molecule has 4 amide bonds. The molecular weight excluding hydrogens is 470 g/mol. The van der Waals surface area contributed by atoms with Gasteiger partial charge >= 0.3 is 5.97 Å². The molecule has 13 heteroatoms. The quantitative estimate of drug-likeness (QED) is 0.149. The van der Waals surface area contributed by atoms with E-state index in [-0.39, 0.29) is 31.1 Å². The van der Waals surface area contributed by atoms with E-state index in [0.29, 0.717) is 18.5 Å². The molecule has 1 aromatic rings. The van der Waals surface area contributed by atoms with Crippen molar-refractivity contribution in [2.24, 2.45) is 23.3 Å². The summed E-state index contributed by atoms with van der Waals surface area (Å²) in [4.78, 5) is 68.5. The molecule has 0 saturated heterocycles. The number of primary amides is 1. The minimum Gasteiger partial charge on any atom is -0.480 e. The van der Waals surface area contributed by atoms with Gasteiger partial charge in [0.15, 0.2) is 0 Å². The standard InChI is InChI=1S/C23H39N7O6/c1-5-12(3)18(25)21(33)28-15(7-8-17(24)31)20(32)30-19(13(4)6-2)22(34)29-16(23(35)36)9-14-10-26-11-27-14/h10-13,15-16,18-19H,5-9,25H2,1-4H3,(H2,24,31)(H,26,27)(H,28,33)(H,29,34)(H,30,32)(H,35,36). The average Bonchev–Trinajstić information content (AvgIpc) is 3.35. The molecule has 202 valence electrons. The number of imidazole rings is 1. The molecule has 13 nitrogen and oxygen atoms in total. The number of carbonyl (C=O) groups is 5. The molecule has 6 atom stereocenters. The Morgan fingerprint density at radius 1 is 0.972 bits per heavy atom. The van der Waals surface area contributed by atoms with E-state index < -0.39 is 53.8 Å². The second kappa shape index (κ2) is 14.8. The van der Waals surface area contributed by atoms with E-state index in [0.717, 1.165) is 0 Å². The molecule has 1 aromatic heterocycles. The van der Waals surface area contributed by atoms with E-state index in [2.05, 4.69) is 25.9 Å². The van der Waals surface area contributed by atoms with Crippen LogP contribution < -0.4 is 27.4 Å². The minimum atomic E-state index is -1.26. The number of rotatable bonds is 16. The fourth-order valence-corrected chi connectivity index (χ4v) is 3.37. The molecule has 6 unspecified atom stereocenters. The van der Waals surface area contributed by atoms with Crippen molar-refractivity contribution in [1.29, 1.82) is 0 Å². The SMILES string of the molecule is CCC(C)C(N)C(=O)NC(CCC(N)=O)C(=O)NC(C(=O)NC(Cc1cnc[nH]1)C(=O)O)C(C)CC. The van der Waals surface area contributed by atoms with Crippen LogP contribution in [0.15, 0.2) is 12.5 Å². The maximum Gasteiger partial charge on any atom is 0.326 e. The van der Waals surface area contributed by atoms with Gasteiger partial charge in [0.2, 0.25) is 23.6 Å². The van der Waals surface area contributed by atoms with Crippen molar-refractivity contribution in [2.45, 2.75) is 84.0 Å². The predicted molar refractivity (Wildman–Crippen MR) is 131 cm³/mol. The number of nitrogens with two attached hydrogens (primary N) is 2. The Hall–Kier alpha value is -3.48. The Bertz CT molecular complexity index is 892. The van der Waals surface area contributed by atoms with Crippen molar-refractivity contribution in [3.05, 3.63) is 18.2 Å². The summed E-state index contributed by atoms with van der Waals surface area (Å²) in [6.07, 6.45) is 3.68. The zero-order valence-electron chi connectivity index (χ0n) is 21.2. The highest BCUT2D eigenvalue weighted by Gasteiger charge is 2.33. The molecule has 36 heavy (non-hydrogen) atoms. The molecule has 0 fully saturated rings. The van der Waals surface area contributed by atoms with Crippen molar-refractivity contribution in [2.75, 3.05) is 0 Å². The number of H-pyrrole nitrogens is 1. The van der Waals surface area contributed by atoms with Crippen LogP contribution in [0.25, 0.3) is 0 Å². The van der Waals surface area contributed by atoms with E-state index in [4.69, 9.17) is 11.5 Å². The van der Waals surface area contributed by atoms with Crippen LogP contribution in [0, 0.1) is 11.8 Å². The van der Waals surface area contributed by atoms with Crippen LogP contribution in [-0.2, 0) is 30.4 Å². The number of hydrogen-bond donors (Lipinski definition) is 7. The van der Waals surface area contributed by atoms with Crippen LogP contribution in [0.2, 0.25) is 0 Å². The molecule has 0 aliphatic rings. The molecule has 0 aromatic carbocycles. The largest absolute Gasteiger partial charge is 0.480 e. The van der Waals surface area contributed by atoms with Crippen LogP contribution in [0.1, 0.15) is 59.1 Å². The molecule has 1 heterocycles. The first-order chi connectivity index (χ1) is 16.9. The summed E-state index contributed by atoms with van der Waals surface area (Å²) in [5.41, 5.74) is 11.7. The van der Waals surface area contributed by atoms with Crippen LogP contribution in [-0.4, -0.2) is 68.8 Å². The average molecular weight is 510 g/mol. The Morgan fingerprint density at radius 3 is 2.08 bits per heavy atom. The van der Waals surface area contributed by atoms with Gasteiger partial charge in [0.1, 0.15) is 18.1 Å². The van der Waals surface area contributed by atoms with Crippen molar-refractivity contribution < 1.29 is 29.1 Å². The van der Waals surface area contributed by atoms with Crippen molar-refractivity contribution >= 4 is 29.6 Å². The van der Waals surface area contributed by atoms with Crippen LogP contribution in [0.5, 0.6) is 0 Å². The summed E-state index contributed by atoms with van der Waals surface area (Å²) in [5, 5.41) is 17.2. The van der Waals surface area contributed by atoms with Crippen LogP contribution >= 0.6 is 0 Å². The van der Waals surface area contributed by atoms with Gasteiger partial charge in [-0.05, 0) is 18.3 Å². The van der Waals surface area contributed by atoms with Gasteiger partial charge in [-0.2, -0.15) is 0 Å². The normalized spacial score (nSPS) is 16.0. The van der Waals surface area contributed by atoms with Gasteiger partial charge in [-0.15, -0.1) is 0 Å². The summed E-state index contributed by atoms with van der Waals surface area (Å²) in [5.74, 6) is -4.39. The first kappa shape index (κ1) is 30.6. The molecule has 0 aliphatic heterocycles. The summed E-state index contributed by atoms with van der Waals surface area (Å²) in [6.45, 7) is 7.22. The molecule has 0 bridgehead atoms. The third kappa shape index (κ3) is 9.64. The van der Waals surface area contributed by atoms with Gasteiger partial charge in [-0.1, -0.05) is 40.5 Å². The van der Waals surface area contributed by atoms with E-state index in [1.165, 1.54) is 12.5 Å². The first-order valence-electron chi connectivity index (χ1n) is 12.1. The maximum absolute atomic E-state index is 13.1. The van der Waals surface area contributed by atoms with Crippen LogP contribution in [0.4, 0.5) is 0 Å². The van der Waals surface area contributed by atoms with Crippen molar-refractivity contribution in [1.82, 2.24) is 25.9 Å². The molecular formula is C23H39N7O6. The van der Waals surface area contributed by atoms with E-state index in [9.17, 15) is 29.1 Å². The van der Waals surface area contributed by atoms with Crippen molar-refractivity contribution in [3.63, 3.8) is 0 Å². The highest BCUT2D eigenvalue weighted by Crippen LogP contribution is 2.11. The second-order valence-electron chi connectivity index (χ2n) is 9.03. The van der Waals surface area contributed by atoms with Crippen LogP contribution in [0.3, 0.4) is 0 Å². The molecule has 0 saturated carbocycles. The second-order valence-corrected chi connectivity index (χ2v) is 9.03. The van der Waals surface area contributed by atoms with Gasteiger partial charge in [-0.25, -0.2) is 9.78 Å². The molecule has 0 radical (unpaired) electrons. The lowest BCUT2D eigenvalue weighted by molar-refractivity contribution is -0.142. The highest BCUT2D eigenvalue weighted by molar-refractivity contribution is 5.94. The maximum atomic E-state index is 13.1. The van der Waals surface area contributed by atoms with E-state index in [1.807, 2.05) is 13.8 Å². The number of aromatic nitrogens is 2. The zero-order valence-corrected chi connectivity index (χ0v) is 21.2. The van der Waals surface area contributed by atoms with Gasteiger partial charge in [-0.3, -0.25) is 19.2 Å². The minimum absolute atomic E-state index is 0.0347. The lowest BCUT2D eigenvalue weighted by Crippen LogP contribution is -2.59. The van der Waals surface area contributed by atoms with E-state index in [1.54, 1.807) is 13.8 Å². The fraction of sp³-hybridized carbons (Fsp3) is 0.652. The highest BCUT2D eigenvalue weighted by atomic mass is 16.4. The predicted octanol–water partition coefficient (Wildman–Crippen LogP) is -0.824. The number of aromatic amines is 1. The Balaban J connectivity index is 3.04. The first-order valence-corrected chi connectivity index (χ1v) is 12.1. The third-order valence-corrected chi connectivity index (χ3v) is 6.26. The summed E-state index contributed by atoms with van der Waals surface area (Å²) >= 11 is 0. The lowest BCUT2D eigenvalue weighted by Gasteiger charge is -2.28. The van der Waals surface area contributed by atoms with E-state index >= 15 is 0 Å². The summed E-state index contributed by atoms with van der Waals surface area (Å²) < 4.78 is 0. The molecule has 9 N–H and O–H groups in total. The lowest BCUT2D eigenvalue weighted by atomic mass is 9.96. The van der Waals surface area contributed by atoms with Gasteiger partial charge in [0, 0.05) is 24.7 Å². The summed E-state index contributed by atoms with van der Waals surface area (Å²) in [7, 11) is 0. The Kier molecular flexibility index (Phi) is 12.6. The fourth-order valence-electron chi connectivity index (χ4n) is 3.37. The number of carboxylic acid groups (broad SMARTS) is 1. The Morgan fingerprint density at radius 2 is 1.58 bits per heavy atom. The zero-order chi connectivity index (χ0) is 27.4. The topological polar surface area (TPSA) is 222 Å². The number of nitrogens with one attached hydrogen (secondary N) is 4. The molecule has 0 aliphatic carbocycles. The van der Waals surface area contributed by atoms with Gasteiger partial charge in [0.05, 0.1) is 12.4 Å². The summed E-state index contributed by atoms with van der Waals surface area (Å²) in [6, 6.07) is -4.39. The molecule has 0 spiro atoms. The number of carboxylic acids is 1. The number of nitrogens with zero attached hydrogens (tertiary/aromatic N) is 1. The smallest absolute Gasteiger partial charge is 0.326 e.